The van der Waals surface area contributed by atoms with Crippen molar-refractivity contribution in [3.63, 3.8) is 0 Å². The van der Waals surface area contributed by atoms with Gasteiger partial charge < -0.3 is 14.6 Å². The first-order valence-corrected chi connectivity index (χ1v) is 10.5. The molecule has 0 bridgehead atoms. The fourth-order valence-corrected chi connectivity index (χ4v) is 3.45. The molecule has 32 heavy (non-hydrogen) atoms. The van der Waals surface area contributed by atoms with Gasteiger partial charge in [-0.2, -0.15) is 0 Å². The summed E-state index contributed by atoms with van der Waals surface area (Å²) in [5, 5.41) is 9.82. The Morgan fingerprint density at radius 1 is 0.625 bits per heavy atom. The largest absolute Gasteiger partial charge is 0.489 e. The van der Waals surface area contributed by atoms with E-state index >= 15 is 0 Å². The van der Waals surface area contributed by atoms with E-state index in [-0.39, 0.29) is 12.2 Å². The van der Waals surface area contributed by atoms with Crippen molar-refractivity contribution in [3.05, 3.63) is 131 Å². The second-order valence-electron chi connectivity index (χ2n) is 7.47. The molecule has 0 aliphatic carbocycles. The topological polar surface area (TPSA) is 55.8 Å². The molecule has 0 amide bonds. The maximum absolute atomic E-state index is 12.0. The third kappa shape index (κ3) is 5.55. The van der Waals surface area contributed by atoms with E-state index in [1.54, 1.807) is 12.1 Å². The minimum absolute atomic E-state index is 0.0841. The van der Waals surface area contributed by atoms with Crippen LogP contribution in [0.5, 0.6) is 11.5 Å². The highest BCUT2D eigenvalue weighted by molar-refractivity contribution is 5.91. The first-order valence-electron chi connectivity index (χ1n) is 10.5. The summed E-state index contributed by atoms with van der Waals surface area (Å²) in [7, 11) is 0. The minimum atomic E-state index is -1.05. The summed E-state index contributed by atoms with van der Waals surface area (Å²) in [6.07, 6.45) is 0.604. The molecule has 4 nitrogen and oxygen atoms in total. The Kier molecular flexibility index (Phi) is 6.83. The van der Waals surface area contributed by atoms with Crippen molar-refractivity contribution >= 4 is 5.97 Å². The van der Waals surface area contributed by atoms with Crippen LogP contribution in [0.2, 0.25) is 0 Å². The Balaban J connectivity index is 1.66. The number of rotatable bonds is 9. The second kappa shape index (κ2) is 10.3. The molecule has 0 aliphatic heterocycles. The predicted octanol–water partition coefficient (Wildman–Crippen LogP) is 6.13. The summed E-state index contributed by atoms with van der Waals surface area (Å²) in [5.41, 5.74) is 4.05. The highest BCUT2D eigenvalue weighted by Crippen LogP contribution is 2.32. The zero-order valence-electron chi connectivity index (χ0n) is 17.6. The average Bonchev–Trinajstić information content (AvgIpc) is 2.84. The summed E-state index contributed by atoms with van der Waals surface area (Å²) in [4.78, 5) is 12.0. The van der Waals surface area contributed by atoms with E-state index in [0.29, 0.717) is 24.5 Å². The lowest BCUT2D eigenvalue weighted by molar-refractivity contribution is 0.0691. The van der Waals surface area contributed by atoms with Gasteiger partial charge in [-0.15, -0.1) is 0 Å². The molecular weight excluding hydrogens is 400 g/mol. The summed E-state index contributed by atoms with van der Waals surface area (Å²) < 4.78 is 12.0. The Bertz CT molecular complexity index is 1160. The van der Waals surface area contributed by atoms with Gasteiger partial charge in [0.15, 0.2) is 0 Å². The number of ether oxygens (including phenoxy) is 2. The second-order valence-corrected chi connectivity index (χ2v) is 7.47. The van der Waals surface area contributed by atoms with Crippen molar-refractivity contribution in [2.75, 3.05) is 0 Å². The van der Waals surface area contributed by atoms with E-state index in [1.807, 2.05) is 91.0 Å². The average molecular weight is 424 g/mol. The van der Waals surface area contributed by atoms with Gasteiger partial charge >= 0.3 is 5.97 Å². The van der Waals surface area contributed by atoms with Gasteiger partial charge in [-0.3, -0.25) is 0 Å². The first kappa shape index (κ1) is 21.2. The molecule has 0 aromatic heterocycles. The van der Waals surface area contributed by atoms with Crippen LogP contribution in [-0.2, 0) is 19.6 Å². The molecule has 0 saturated carbocycles. The van der Waals surface area contributed by atoms with Gasteiger partial charge in [-0.05, 0) is 28.8 Å². The molecule has 4 heteroatoms. The van der Waals surface area contributed by atoms with Gasteiger partial charge in [0.2, 0.25) is 0 Å². The quantitative estimate of drug-likeness (QED) is 0.351. The highest BCUT2D eigenvalue weighted by atomic mass is 16.5. The Labute approximate surface area is 187 Å². The van der Waals surface area contributed by atoms with E-state index in [2.05, 4.69) is 0 Å². The molecule has 1 N–H and O–H groups in total. The van der Waals surface area contributed by atoms with Crippen LogP contribution in [0.1, 0.15) is 32.6 Å². The molecule has 0 atom stereocenters. The third-order valence-electron chi connectivity index (χ3n) is 5.10. The Morgan fingerprint density at radius 2 is 1.09 bits per heavy atom. The van der Waals surface area contributed by atoms with Gasteiger partial charge in [-0.1, -0.05) is 91.0 Å². The number of carbonyl (C=O) groups is 1. The predicted molar refractivity (Wildman–Crippen MR) is 124 cm³/mol. The van der Waals surface area contributed by atoms with Crippen LogP contribution >= 0.6 is 0 Å². The van der Waals surface area contributed by atoms with Crippen molar-refractivity contribution in [2.24, 2.45) is 0 Å². The van der Waals surface area contributed by atoms with Gasteiger partial charge in [0.25, 0.3) is 0 Å². The summed E-state index contributed by atoms with van der Waals surface area (Å²) in [6.45, 7) is 0.641. The monoisotopic (exact) mass is 424 g/mol. The standard InChI is InChI=1S/C28H24O4/c29-28(30)25-18-26(31-19-22-12-6-2-7-13-22)24(16-21-10-4-1-5-11-21)17-27(25)32-20-23-14-8-3-9-15-23/h1-15,17-18H,16,19-20H2,(H,29,30). The molecule has 0 unspecified atom stereocenters. The van der Waals surface area contributed by atoms with Crippen LogP contribution in [0, 0.1) is 0 Å². The minimum Gasteiger partial charge on any atom is -0.489 e. The molecule has 4 rings (SSSR count). The van der Waals surface area contributed by atoms with Crippen LogP contribution in [0.15, 0.2) is 103 Å². The highest BCUT2D eigenvalue weighted by Gasteiger charge is 2.18. The number of carboxylic acids is 1. The lowest BCUT2D eigenvalue weighted by Crippen LogP contribution is -2.07. The Morgan fingerprint density at radius 3 is 1.59 bits per heavy atom. The van der Waals surface area contributed by atoms with Gasteiger partial charge in [0.1, 0.15) is 30.3 Å². The normalized spacial score (nSPS) is 10.5. The van der Waals surface area contributed by atoms with Crippen LogP contribution < -0.4 is 9.47 Å². The van der Waals surface area contributed by atoms with Crippen LogP contribution in [-0.4, -0.2) is 11.1 Å². The lowest BCUT2D eigenvalue weighted by atomic mass is 10.0. The number of carboxylic acid groups (broad SMARTS) is 1. The summed E-state index contributed by atoms with van der Waals surface area (Å²) in [5.74, 6) is -0.176. The van der Waals surface area contributed by atoms with Gasteiger partial charge in [0.05, 0.1) is 0 Å². The van der Waals surface area contributed by atoms with Gasteiger partial charge in [0, 0.05) is 12.0 Å². The maximum Gasteiger partial charge on any atom is 0.339 e. The van der Waals surface area contributed by atoms with Crippen molar-refractivity contribution in [2.45, 2.75) is 19.6 Å². The zero-order chi connectivity index (χ0) is 22.2. The van der Waals surface area contributed by atoms with Crippen LogP contribution in [0.3, 0.4) is 0 Å². The molecule has 0 spiro atoms. The fourth-order valence-electron chi connectivity index (χ4n) is 3.45. The molecule has 0 heterocycles. The Hall–Kier alpha value is -4.05. The lowest BCUT2D eigenvalue weighted by Gasteiger charge is -2.17. The van der Waals surface area contributed by atoms with Crippen molar-refractivity contribution in [1.29, 1.82) is 0 Å². The van der Waals surface area contributed by atoms with E-state index in [1.165, 1.54) is 0 Å². The molecule has 0 aliphatic rings. The first-order chi connectivity index (χ1) is 15.7. The number of hydrogen-bond donors (Lipinski definition) is 1. The van der Waals surface area contributed by atoms with E-state index in [0.717, 1.165) is 22.3 Å². The summed E-state index contributed by atoms with van der Waals surface area (Å²) in [6, 6.07) is 32.9. The zero-order valence-corrected chi connectivity index (χ0v) is 17.6. The molecule has 0 fully saturated rings. The number of aromatic carboxylic acids is 1. The maximum atomic E-state index is 12.0. The number of hydrogen-bond acceptors (Lipinski definition) is 3. The number of benzene rings is 4. The molecule has 4 aromatic rings. The smallest absolute Gasteiger partial charge is 0.339 e. The SMILES string of the molecule is O=C(O)c1cc(OCc2ccccc2)c(Cc2ccccc2)cc1OCc1ccccc1. The molecule has 4 aromatic carbocycles. The van der Waals surface area contributed by atoms with Crippen molar-refractivity contribution in [3.8, 4) is 11.5 Å². The third-order valence-corrected chi connectivity index (χ3v) is 5.10. The van der Waals surface area contributed by atoms with Crippen LogP contribution in [0.25, 0.3) is 0 Å². The van der Waals surface area contributed by atoms with E-state index in [4.69, 9.17) is 9.47 Å². The van der Waals surface area contributed by atoms with E-state index < -0.39 is 5.97 Å². The van der Waals surface area contributed by atoms with E-state index in [9.17, 15) is 9.90 Å². The van der Waals surface area contributed by atoms with Crippen molar-refractivity contribution < 1.29 is 19.4 Å². The fraction of sp³-hybridized carbons (Fsp3) is 0.107. The molecule has 0 saturated heterocycles. The molecule has 0 radical (unpaired) electrons. The van der Waals surface area contributed by atoms with Crippen molar-refractivity contribution in [1.82, 2.24) is 0 Å². The molecule has 160 valence electrons. The van der Waals surface area contributed by atoms with Gasteiger partial charge in [-0.25, -0.2) is 4.79 Å². The summed E-state index contributed by atoms with van der Waals surface area (Å²) >= 11 is 0. The molecular formula is C28H24O4. The van der Waals surface area contributed by atoms with Crippen LogP contribution in [0.4, 0.5) is 0 Å².